The zero-order chi connectivity index (χ0) is 22.0. The molecule has 0 bridgehead atoms. The molecule has 0 radical (unpaired) electrons. The lowest BCUT2D eigenvalue weighted by atomic mass is 10.0. The lowest BCUT2D eigenvalue weighted by molar-refractivity contribution is -0.125. The van der Waals surface area contributed by atoms with Gasteiger partial charge < -0.3 is 20.3 Å². The molecule has 7 heteroatoms. The summed E-state index contributed by atoms with van der Waals surface area (Å²) >= 11 is 0. The Kier molecular flexibility index (Phi) is 5.93. The van der Waals surface area contributed by atoms with Crippen LogP contribution >= 0.6 is 0 Å². The molecule has 2 atom stereocenters. The summed E-state index contributed by atoms with van der Waals surface area (Å²) in [6.07, 6.45) is 2.54. The van der Waals surface area contributed by atoms with E-state index in [9.17, 15) is 14.4 Å². The van der Waals surface area contributed by atoms with Crippen LogP contribution < -0.4 is 15.5 Å². The summed E-state index contributed by atoms with van der Waals surface area (Å²) in [7, 11) is 0. The summed E-state index contributed by atoms with van der Waals surface area (Å²) < 4.78 is 5.22. The first-order valence-corrected chi connectivity index (χ1v) is 10.7. The van der Waals surface area contributed by atoms with E-state index >= 15 is 0 Å². The van der Waals surface area contributed by atoms with E-state index in [2.05, 4.69) is 15.5 Å². The first kappa shape index (κ1) is 20.9. The Hall–Kier alpha value is -3.35. The number of ether oxygens (including phenoxy) is 1. The molecule has 2 amide bonds. The van der Waals surface area contributed by atoms with Gasteiger partial charge in [-0.25, -0.2) is 4.79 Å². The highest BCUT2D eigenvalue weighted by Gasteiger charge is 2.36. The number of benzene rings is 2. The van der Waals surface area contributed by atoms with Gasteiger partial charge >= 0.3 is 5.97 Å². The van der Waals surface area contributed by atoms with E-state index in [1.165, 1.54) is 0 Å². The Labute approximate surface area is 181 Å². The number of carbonyl (C=O) groups excluding carboxylic acids is 3. The van der Waals surface area contributed by atoms with Crippen molar-refractivity contribution in [2.24, 2.45) is 0 Å². The highest BCUT2D eigenvalue weighted by atomic mass is 16.5. The van der Waals surface area contributed by atoms with Crippen LogP contribution in [0.3, 0.4) is 0 Å². The van der Waals surface area contributed by atoms with Crippen LogP contribution in [0.25, 0.3) is 0 Å². The number of carbonyl (C=O) groups is 3. The van der Waals surface area contributed by atoms with Gasteiger partial charge in [0, 0.05) is 6.54 Å². The molecule has 0 saturated carbocycles. The molecule has 2 aliphatic rings. The minimum absolute atomic E-state index is 0.0448. The molecule has 1 saturated heterocycles. The number of aryl methyl sites for hydroxylation is 1. The van der Waals surface area contributed by atoms with Crippen LogP contribution in [-0.2, 0) is 14.3 Å². The maximum Gasteiger partial charge on any atom is 0.338 e. The molecule has 2 aliphatic heterocycles. The number of esters is 1. The quantitative estimate of drug-likeness (QED) is 0.699. The monoisotopic (exact) mass is 421 g/mol. The Morgan fingerprint density at radius 1 is 1.23 bits per heavy atom. The summed E-state index contributed by atoms with van der Waals surface area (Å²) in [4.78, 5) is 39.2. The number of nitrogens with zero attached hydrogens (tertiary/aromatic N) is 1. The second-order valence-corrected chi connectivity index (χ2v) is 8.09. The standard InChI is InChI=1S/C24H27N3O4/c1-3-18(16-8-6-15(2)7-9-16)25-22(28)14-31-24(30)17-10-11-20-19(13-17)26-23(29)21-5-4-12-27(20)21/h6-11,13,18,21H,3-5,12,14H2,1-2H3,(H,25,28)(H,26,29)/t18-,21+/m1/s1. The molecule has 2 heterocycles. The van der Waals surface area contributed by atoms with Crippen molar-refractivity contribution >= 4 is 29.2 Å². The van der Waals surface area contributed by atoms with Crippen molar-refractivity contribution < 1.29 is 19.1 Å². The third-order valence-electron chi connectivity index (χ3n) is 5.91. The predicted octanol–water partition coefficient (Wildman–Crippen LogP) is 3.34. The zero-order valence-corrected chi connectivity index (χ0v) is 17.8. The Bertz CT molecular complexity index is 1000. The van der Waals surface area contributed by atoms with E-state index in [1.807, 2.05) is 44.2 Å². The third kappa shape index (κ3) is 4.40. The molecule has 31 heavy (non-hydrogen) atoms. The van der Waals surface area contributed by atoms with E-state index in [-0.39, 0.29) is 30.5 Å². The molecule has 1 fully saturated rings. The van der Waals surface area contributed by atoms with Crippen LogP contribution in [0.4, 0.5) is 11.4 Å². The van der Waals surface area contributed by atoms with Crippen molar-refractivity contribution in [1.82, 2.24) is 5.32 Å². The fraction of sp³-hybridized carbons (Fsp3) is 0.375. The van der Waals surface area contributed by atoms with Gasteiger partial charge in [-0.1, -0.05) is 36.8 Å². The molecular formula is C24H27N3O4. The maximum absolute atomic E-state index is 12.5. The summed E-state index contributed by atoms with van der Waals surface area (Å²) in [5.74, 6) is -0.998. The average molecular weight is 421 g/mol. The molecule has 0 aromatic heterocycles. The summed E-state index contributed by atoms with van der Waals surface area (Å²) in [6.45, 7) is 4.47. The SMILES string of the molecule is CC[C@@H](NC(=O)COC(=O)c1ccc2c(c1)NC(=O)[C@@H]1CCCN21)c1ccc(C)cc1. The topological polar surface area (TPSA) is 87.7 Å². The molecule has 0 unspecified atom stereocenters. The van der Waals surface area contributed by atoms with Gasteiger partial charge in [0.05, 0.1) is 23.0 Å². The van der Waals surface area contributed by atoms with Gasteiger partial charge in [-0.3, -0.25) is 9.59 Å². The van der Waals surface area contributed by atoms with Gasteiger partial charge in [0.2, 0.25) is 5.91 Å². The minimum Gasteiger partial charge on any atom is -0.452 e. The molecule has 2 aromatic carbocycles. The van der Waals surface area contributed by atoms with Gasteiger partial charge in [0.15, 0.2) is 6.61 Å². The number of fused-ring (bicyclic) bond motifs is 3. The number of hydrogen-bond donors (Lipinski definition) is 2. The van der Waals surface area contributed by atoms with Gasteiger partial charge in [-0.15, -0.1) is 0 Å². The highest BCUT2D eigenvalue weighted by molar-refractivity contribution is 6.05. The fourth-order valence-corrected chi connectivity index (χ4v) is 4.23. The van der Waals surface area contributed by atoms with Crippen molar-refractivity contribution in [3.8, 4) is 0 Å². The van der Waals surface area contributed by atoms with Crippen molar-refractivity contribution in [2.45, 2.75) is 45.2 Å². The van der Waals surface area contributed by atoms with E-state index in [0.717, 1.165) is 42.6 Å². The molecule has 7 nitrogen and oxygen atoms in total. The second-order valence-electron chi connectivity index (χ2n) is 8.09. The van der Waals surface area contributed by atoms with Gasteiger partial charge in [0.1, 0.15) is 6.04 Å². The summed E-state index contributed by atoms with van der Waals surface area (Å²) in [5, 5.41) is 5.79. The average Bonchev–Trinajstić information content (AvgIpc) is 3.27. The number of nitrogens with one attached hydrogen (secondary N) is 2. The maximum atomic E-state index is 12.5. The van der Waals surface area contributed by atoms with E-state index in [4.69, 9.17) is 4.74 Å². The van der Waals surface area contributed by atoms with Crippen LogP contribution in [0, 0.1) is 6.92 Å². The lowest BCUT2D eigenvalue weighted by Crippen LogP contribution is -2.43. The van der Waals surface area contributed by atoms with Crippen LogP contribution in [-0.4, -0.2) is 37.0 Å². The zero-order valence-electron chi connectivity index (χ0n) is 17.8. The van der Waals surface area contributed by atoms with E-state index in [1.54, 1.807) is 12.1 Å². The third-order valence-corrected chi connectivity index (χ3v) is 5.91. The molecule has 0 aliphatic carbocycles. The first-order chi connectivity index (χ1) is 15.0. The Morgan fingerprint density at radius 3 is 2.74 bits per heavy atom. The van der Waals surface area contributed by atoms with Crippen molar-refractivity contribution in [3.63, 3.8) is 0 Å². The molecule has 0 spiro atoms. The summed E-state index contributed by atoms with van der Waals surface area (Å²) in [5.41, 5.74) is 3.99. The van der Waals surface area contributed by atoms with Crippen LogP contribution in [0.2, 0.25) is 0 Å². The second kappa shape index (κ2) is 8.79. The van der Waals surface area contributed by atoms with E-state index < -0.39 is 5.97 Å². The molecule has 2 N–H and O–H groups in total. The van der Waals surface area contributed by atoms with Crippen molar-refractivity contribution in [2.75, 3.05) is 23.4 Å². The van der Waals surface area contributed by atoms with Crippen LogP contribution in [0.5, 0.6) is 0 Å². The van der Waals surface area contributed by atoms with Crippen molar-refractivity contribution in [3.05, 3.63) is 59.2 Å². The predicted molar refractivity (Wildman–Crippen MR) is 118 cm³/mol. The molecule has 2 aromatic rings. The smallest absolute Gasteiger partial charge is 0.338 e. The largest absolute Gasteiger partial charge is 0.452 e. The number of hydrogen-bond acceptors (Lipinski definition) is 5. The first-order valence-electron chi connectivity index (χ1n) is 10.7. The van der Waals surface area contributed by atoms with Crippen LogP contribution in [0.15, 0.2) is 42.5 Å². The normalized spacial score (nSPS) is 17.9. The Morgan fingerprint density at radius 2 is 2.00 bits per heavy atom. The van der Waals surface area contributed by atoms with Gasteiger partial charge in [-0.05, 0) is 49.9 Å². The number of amides is 2. The van der Waals surface area contributed by atoms with Crippen LogP contribution in [0.1, 0.15) is 53.7 Å². The number of anilines is 2. The molecular weight excluding hydrogens is 394 g/mol. The van der Waals surface area contributed by atoms with Gasteiger partial charge in [-0.2, -0.15) is 0 Å². The highest BCUT2D eigenvalue weighted by Crippen LogP contribution is 2.37. The van der Waals surface area contributed by atoms with E-state index in [0.29, 0.717) is 11.3 Å². The molecule has 4 rings (SSSR count). The molecule has 162 valence electrons. The minimum atomic E-state index is -0.598. The summed E-state index contributed by atoms with van der Waals surface area (Å²) in [6, 6.07) is 12.8. The fourth-order valence-electron chi connectivity index (χ4n) is 4.23. The van der Waals surface area contributed by atoms with Gasteiger partial charge in [0.25, 0.3) is 5.91 Å². The van der Waals surface area contributed by atoms with Crippen molar-refractivity contribution in [1.29, 1.82) is 0 Å². The Balaban J connectivity index is 1.36. The number of rotatable bonds is 6. The lowest BCUT2D eigenvalue weighted by Gasteiger charge is -2.33.